The third-order valence-corrected chi connectivity index (χ3v) is 4.56. The van der Waals surface area contributed by atoms with Crippen LogP contribution >= 0.6 is 0 Å². The molecule has 0 saturated heterocycles. The molecule has 3 atom stereocenters. The average Bonchev–Trinajstić information content (AvgIpc) is 2.95. The standard InChI is InChI=1S/C20H28N2O4/c1-5-12(3)19(20(21)24)22-18(23)8-7-14-10-17-15(9-13(4)26-17)11-16(14)25-6-2/h7-8,10-13,19H,5-6,9H2,1-4H3,(H2,21,24)(H,22,23). The first-order valence-corrected chi connectivity index (χ1v) is 9.09. The van der Waals surface area contributed by atoms with Crippen molar-refractivity contribution >= 4 is 17.9 Å². The van der Waals surface area contributed by atoms with E-state index in [1.54, 1.807) is 6.08 Å². The quantitative estimate of drug-likeness (QED) is 0.697. The van der Waals surface area contributed by atoms with Gasteiger partial charge in [-0.25, -0.2) is 0 Å². The van der Waals surface area contributed by atoms with Gasteiger partial charge in [0.15, 0.2) is 0 Å². The molecule has 0 aliphatic carbocycles. The highest BCUT2D eigenvalue weighted by molar-refractivity contribution is 5.95. The Bertz CT molecular complexity index is 699. The Morgan fingerprint density at radius 1 is 1.42 bits per heavy atom. The number of benzene rings is 1. The minimum absolute atomic E-state index is 0.0290. The number of fused-ring (bicyclic) bond motifs is 1. The Morgan fingerprint density at radius 3 is 2.77 bits per heavy atom. The van der Waals surface area contributed by atoms with Gasteiger partial charge in [0.05, 0.1) is 6.61 Å². The molecular weight excluding hydrogens is 332 g/mol. The lowest BCUT2D eigenvalue weighted by Crippen LogP contribution is -2.47. The Hall–Kier alpha value is -2.50. The van der Waals surface area contributed by atoms with Gasteiger partial charge in [-0.15, -0.1) is 0 Å². The first-order valence-electron chi connectivity index (χ1n) is 9.09. The lowest BCUT2D eigenvalue weighted by atomic mass is 9.98. The van der Waals surface area contributed by atoms with E-state index < -0.39 is 11.9 Å². The lowest BCUT2D eigenvalue weighted by Gasteiger charge is -2.20. The molecule has 1 aromatic rings. The Kier molecular flexibility index (Phi) is 6.66. The van der Waals surface area contributed by atoms with Crippen molar-refractivity contribution in [1.29, 1.82) is 0 Å². The van der Waals surface area contributed by atoms with Gasteiger partial charge >= 0.3 is 0 Å². The molecule has 0 fully saturated rings. The van der Waals surface area contributed by atoms with Crippen LogP contribution in [0.25, 0.3) is 6.08 Å². The van der Waals surface area contributed by atoms with E-state index in [1.165, 1.54) is 6.08 Å². The van der Waals surface area contributed by atoms with Crippen LogP contribution in [0.4, 0.5) is 0 Å². The van der Waals surface area contributed by atoms with Gasteiger partial charge in [-0.1, -0.05) is 20.3 Å². The molecule has 2 rings (SSSR count). The Morgan fingerprint density at radius 2 is 2.15 bits per heavy atom. The molecule has 0 bridgehead atoms. The molecule has 0 saturated carbocycles. The molecule has 0 radical (unpaired) electrons. The minimum atomic E-state index is -0.687. The van der Waals surface area contributed by atoms with E-state index in [2.05, 4.69) is 5.32 Å². The lowest BCUT2D eigenvalue weighted by molar-refractivity contribution is -0.126. The van der Waals surface area contributed by atoms with E-state index >= 15 is 0 Å². The van der Waals surface area contributed by atoms with Crippen LogP contribution in [0.2, 0.25) is 0 Å². The molecule has 6 nitrogen and oxygen atoms in total. The number of nitrogens with two attached hydrogens (primary N) is 1. The molecule has 3 unspecified atom stereocenters. The summed E-state index contributed by atoms with van der Waals surface area (Å²) in [5.41, 5.74) is 7.26. The first kappa shape index (κ1) is 19.8. The molecule has 26 heavy (non-hydrogen) atoms. The van der Waals surface area contributed by atoms with Crippen molar-refractivity contribution in [3.63, 3.8) is 0 Å². The third-order valence-electron chi connectivity index (χ3n) is 4.56. The summed E-state index contributed by atoms with van der Waals surface area (Å²) >= 11 is 0. The number of hydrogen-bond donors (Lipinski definition) is 2. The van der Waals surface area contributed by atoms with E-state index in [0.29, 0.717) is 12.4 Å². The monoisotopic (exact) mass is 360 g/mol. The maximum atomic E-state index is 12.2. The van der Waals surface area contributed by atoms with E-state index in [-0.39, 0.29) is 17.9 Å². The summed E-state index contributed by atoms with van der Waals surface area (Å²) in [5.74, 6) is 0.595. The highest BCUT2D eigenvalue weighted by Crippen LogP contribution is 2.35. The zero-order valence-corrected chi connectivity index (χ0v) is 15.9. The van der Waals surface area contributed by atoms with Crippen LogP contribution in [0.15, 0.2) is 18.2 Å². The topological polar surface area (TPSA) is 90.6 Å². The molecule has 1 aliphatic rings. The smallest absolute Gasteiger partial charge is 0.244 e. The third kappa shape index (κ3) is 4.77. The van der Waals surface area contributed by atoms with Crippen LogP contribution in [0.1, 0.15) is 45.2 Å². The second kappa shape index (κ2) is 8.74. The SMILES string of the molecule is CCOc1cc2c(cc1C=CC(=O)NC(C(N)=O)C(C)CC)OC(C)C2. The zero-order valence-electron chi connectivity index (χ0n) is 15.9. The van der Waals surface area contributed by atoms with Crippen molar-refractivity contribution in [1.82, 2.24) is 5.32 Å². The summed E-state index contributed by atoms with van der Waals surface area (Å²) in [6.07, 6.45) is 4.78. The van der Waals surface area contributed by atoms with Gasteiger partial charge < -0.3 is 20.5 Å². The molecule has 6 heteroatoms. The predicted molar refractivity (Wildman–Crippen MR) is 101 cm³/mol. The number of ether oxygens (including phenoxy) is 2. The van der Waals surface area contributed by atoms with Crippen LogP contribution in [-0.4, -0.2) is 30.6 Å². The van der Waals surface area contributed by atoms with Crippen molar-refractivity contribution < 1.29 is 19.1 Å². The molecule has 142 valence electrons. The van der Waals surface area contributed by atoms with Crippen LogP contribution in [0.5, 0.6) is 11.5 Å². The largest absolute Gasteiger partial charge is 0.493 e. The van der Waals surface area contributed by atoms with E-state index in [4.69, 9.17) is 15.2 Å². The van der Waals surface area contributed by atoms with Gasteiger partial charge in [-0.3, -0.25) is 9.59 Å². The van der Waals surface area contributed by atoms with Gasteiger partial charge in [-0.2, -0.15) is 0 Å². The van der Waals surface area contributed by atoms with Gasteiger partial charge in [0.1, 0.15) is 23.6 Å². The van der Waals surface area contributed by atoms with E-state index in [0.717, 1.165) is 29.7 Å². The van der Waals surface area contributed by atoms with Gasteiger partial charge in [-0.05, 0) is 38.0 Å². The van der Waals surface area contributed by atoms with Crippen molar-refractivity contribution in [2.24, 2.45) is 11.7 Å². The Labute approximate surface area is 154 Å². The maximum Gasteiger partial charge on any atom is 0.244 e. The molecule has 3 N–H and O–H groups in total. The fourth-order valence-corrected chi connectivity index (χ4v) is 2.96. The van der Waals surface area contributed by atoms with Gasteiger partial charge in [0.2, 0.25) is 11.8 Å². The number of nitrogens with one attached hydrogen (secondary N) is 1. The maximum absolute atomic E-state index is 12.2. The summed E-state index contributed by atoms with van der Waals surface area (Å²) in [6.45, 7) is 8.28. The van der Waals surface area contributed by atoms with Crippen molar-refractivity contribution in [2.75, 3.05) is 6.61 Å². The molecule has 0 spiro atoms. The molecular formula is C20H28N2O4. The summed E-state index contributed by atoms with van der Waals surface area (Å²) in [5, 5.41) is 2.68. The molecule has 2 amide bonds. The predicted octanol–water partition coefficient (Wildman–Crippen LogP) is 2.44. The van der Waals surface area contributed by atoms with E-state index in [9.17, 15) is 9.59 Å². The van der Waals surface area contributed by atoms with Crippen molar-refractivity contribution in [3.05, 3.63) is 29.3 Å². The Balaban J connectivity index is 2.17. The van der Waals surface area contributed by atoms with Crippen LogP contribution in [0, 0.1) is 5.92 Å². The van der Waals surface area contributed by atoms with Crippen LogP contribution < -0.4 is 20.5 Å². The van der Waals surface area contributed by atoms with Crippen LogP contribution in [0.3, 0.4) is 0 Å². The number of hydrogen-bond acceptors (Lipinski definition) is 4. The normalized spacial score (nSPS) is 18.1. The second-order valence-corrected chi connectivity index (χ2v) is 6.67. The number of carbonyl (C=O) groups is 2. The van der Waals surface area contributed by atoms with Crippen LogP contribution in [-0.2, 0) is 16.0 Å². The second-order valence-electron chi connectivity index (χ2n) is 6.67. The highest BCUT2D eigenvalue weighted by atomic mass is 16.5. The summed E-state index contributed by atoms with van der Waals surface area (Å²) in [6, 6.07) is 3.16. The van der Waals surface area contributed by atoms with E-state index in [1.807, 2.05) is 39.8 Å². The molecule has 1 heterocycles. The average molecular weight is 360 g/mol. The number of primary amides is 1. The fourth-order valence-electron chi connectivity index (χ4n) is 2.96. The summed E-state index contributed by atoms with van der Waals surface area (Å²) < 4.78 is 11.5. The summed E-state index contributed by atoms with van der Waals surface area (Å²) in [4.78, 5) is 23.8. The zero-order chi connectivity index (χ0) is 19.3. The fraction of sp³-hybridized carbons (Fsp3) is 0.500. The van der Waals surface area contributed by atoms with Gasteiger partial charge in [0, 0.05) is 23.6 Å². The molecule has 0 aromatic heterocycles. The minimum Gasteiger partial charge on any atom is -0.493 e. The van der Waals surface area contributed by atoms with Crippen molar-refractivity contribution in [3.8, 4) is 11.5 Å². The number of rotatable bonds is 8. The first-order chi connectivity index (χ1) is 12.3. The number of carbonyl (C=O) groups excluding carboxylic acids is 2. The molecule has 1 aliphatic heterocycles. The van der Waals surface area contributed by atoms with Gasteiger partial charge in [0.25, 0.3) is 0 Å². The van der Waals surface area contributed by atoms with Crippen molar-refractivity contribution in [2.45, 2.75) is 52.7 Å². The summed E-state index contributed by atoms with van der Waals surface area (Å²) in [7, 11) is 0. The number of amides is 2. The highest BCUT2D eigenvalue weighted by Gasteiger charge is 2.23. The molecule has 1 aromatic carbocycles.